The molecule has 1 saturated carbocycles. The topological polar surface area (TPSA) is 66.4 Å². The number of hydrogen-bond donors (Lipinski definition) is 2. The zero-order chi connectivity index (χ0) is 13.6. The van der Waals surface area contributed by atoms with E-state index in [4.69, 9.17) is 5.11 Å². The van der Waals surface area contributed by atoms with E-state index >= 15 is 0 Å². The minimum Gasteiger partial charge on any atom is -0.392 e. The van der Waals surface area contributed by atoms with Gasteiger partial charge in [-0.3, -0.25) is 0 Å². The molecule has 1 aromatic heterocycles. The Labute approximate surface area is 105 Å². The summed E-state index contributed by atoms with van der Waals surface area (Å²) in [5.41, 5.74) is -1.95. The van der Waals surface area contributed by atoms with Crippen LogP contribution < -0.4 is 4.72 Å². The lowest BCUT2D eigenvalue weighted by atomic mass is 10.3. The van der Waals surface area contributed by atoms with Gasteiger partial charge in [-0.15, -0.1) is 11.3 Å². The number of halogens is 3. The fourth-order valence-corrected chi connectivity index (χ4v) is 4.10. The third-order valence-corrected chi connectivity index (χ3v) is 5.72. The first-order valence-corrected chi connectivity index (χ1v) is 7.35. The van der Waals surface area contributed by atoms with Crippen LogP contribution in [-0.2, 0) is 16.6 Å². The first-order chi connectivity index (χ1) is 8.20. The van der Waals surface area contributed by atoms with Crippen LogP contribution in [0.2, 0.25) is 0 Å². The molecule has 9 heteroatoms. The highest BCUT2D eigenvalue weighted by Gasteiger charge is 2.65. The predicted molar refractivity (Wildman–Crippen MR) is 58.6 cm³/mol. The van der Waals surface area contributed by atoms with E-state index in [1.54, 1.807) is 4.72 Å². The Morgan fingerprint density at radius 3 is 2.44 bits per heavy atom. The molecule has 0 unspecified atom stereocenters. The van der Waals surface area contributed by atoms with Gasteiger partial charge < -0.3 is 5.11 Å². The van der Waals surface area contributed by atoms with E-state index in [0.717, 1.165) is 11.3 Å². The summed E-state index contributed by atoms with van der Waals surface area (Å²) >= 11 is 0.782. The molecule has 1 aliphatic rings. The Hall–Kier alpha value is -0.640. The minimum atomic E-state index is -4.59. The van der Waals surface area contributed by atoms with Gasteiger partial charge >= 0.3 is 6.18 Å². The molecular formula is C9H10F3NO3S2. The summed E-state index contributed by atoms with van der Waals surface area (Å²) in [7, 11) is -4.19. The van der Waals surface area contributed by atoms with Gasteiger partial charge in [0.1, 0.15) is 9.75 Å². The average Bonchev–Trinajstić information content (AvgIpc) is 2.86. The molecule has 0 atom stereocenters. The zero-order valence-electron chi connectivity index (χ0n) is 8.99. The van der Waals surface area contributed by atoms with E-state index in [1.807, 2.05) is 0 Å². The number of aliphatic hydroxyl groups excluding tert-OH is 1. The van der Waals surface area contributed by atoms with Crippen molar-refractivity contribution in [2.45, 2.75) is 35.4 Å². The third kappa shape index (κ3) is 2.40. The van der Waals surface area contributed by atoms with Crippen LogP contribution in [0.25, 0.3) is 0 Å². The molecule has 1 aromatic rings. The van der Waals surface area contributed by atoms with Gasteiger partial charge in [0.2, 0.25) is 0 Å². The Balaban J connectivity index is 2.23. The lowest BCUT2D eigenvalue weighted by Gasteiger charge is -2.19. The smallest absolute Gasteiger partial charge is 0.392 e. The molecule has 0 amide bonds. The van der Waals surface area contributed by atoms with E-state index in [0.29, 0.717) is 5.56 Å². The van der Waals surface area contributed by atoms with E-state index in [9.17, 15) is 21.6 Å². The maximum atomic E-state index is 12.6. The van der Waals surface area contributed by atoms with E-state index in [-0.39, 0.29) is 23.7 Å². The second-order valence-corrected chi connectivity index (χ2v) is 6.94. The number of aliphatic hydroxyl groups is 1. The maximum absolute atomic E-state index is 12.6. The number of rotatable bonds is 4. The molecule has 0 radical (unpaired) electrons. The van der Waals surface area contributed by atoms with Crippen molar-refractivity contribution in [3.05, 3.63) is 17.0 Å². The molecule has 0 spiro atoms. The van der Waals surface area contributed by atoms with Crippen LogP contribution in [0.1, 0.15) is 18.4 Å². The molecule has 4 nitrogen and oxygen atoms in total. The van der Waals surface area contributed by atoms with Gasteiger partial charge in [0, 0.05) is 0 Å². The summed E-state index contributed by atoms with van der Waals surface area (Å²) in [5.74, 6) is 0. The second-order valence-electron chi connectivity index (χ2n) is 4.12. The summed E-state index contributed by atoms with van der Waals surface area (Å²) in [6.07, 6.45) is -5.07. The van der Waals surface area contributed by atoms with Gasteiger partial charge in [0.25, 0.3) is 10.0 Å². The largest absolute Gasteiger partial charge is 0.407 e. The fraction of sp³-hybridized carbons (Fsp3) is 0.556. The highest BCUT2D eigenvalue weighted by molar-refractivity contribution is 7.91. The highest BCUT2D eigenvalue weighted by Crippen LogP contribution is 2.49. The molecule has 18 heavy (non-hydrogen) atoms. The van der Waals surface area contributed by atoms with Gasteiger partial charge in [0.05, 0.1) is 6.61 Å². The normalized spacial score (nSPS) is 18.9. The van der Waals surface area contributed by atoms with E-state index in [2.05, 4.69) is 0 Å². The van der Waals surface area contributed by atoms with Gasteiger partial charge in [-0.1, -0.05) is 0 Å². The lowest BCUT2D eigenvalue weighted by molar-refractivity contribution is -0.160. The molecule has 2 rings (SSSR count). The van der Waals surface area contributed by atoms with Gasteiger partial charge in [0.15, 0.2) is 0 Å². The molecule has 0 bridgehead atoms. The van der Waals surface area contributed by atoms with Crippen LogP contribution in [0.15, 0.2) is 15.7 Å². The standard InChI is InChI=1S/C9H10F3NO3S2/c10-9(11,12)8(1-2-8)13-18(15,16)7-3-6(4-14)5-17-7/h3,5,13-14H,1-2,4H2. The monoisotopic (exact) mass is 301 g/mol. The van der Waals surface area contributed by atoms with Gasteiger partial charge in [-0.2, -0.15) is 17.9 Å². The first-order valence-electron chi connectivity index (χ1n) is 4.99. The van der Waals surface area contributed by atoms with Crippen LogP contribution in [0.3, 0.4) is 0 Å². The Bertz CT molecular complexity index is 546. The highest BCUT2D eigenvalue weighted by atomic mass is 32.2. The van der Waals surface area contributed by atoms with Crippen LogP contribution in [0, 0.1) is 0 Å². The van der Waals surface area contributed by atoms with Gasteiger partial charge in [-0.25, -0.2) is 8.42 Å². The quantitative estimate of drug-likeness (QED) is 0.888. The van der Waals surface area contributed by atoms with Crippen molar-refractivity contribution in [3.63, 3.8) is 0 Å². The minimum absolute atomic E-state index is 0.220. The van der Waals surface area contributed by atoms with Crippen LogP contribution in [0.4, 0.5) is 13.2 Å². The van der Waals surface area contributed by atoms with Crippen molar-refractivity contribution in [1.82, 2.24) is 4.72 Å². The number of hydrogen-bond acceptors (Lipinski definition) is 4. The third-order valence-electron chi connectivity index (χ3n) is 2.70. The second kappa shape index (κ2) is 4.19. The van der Waals surface area contributed by atoms with Crippen LogP contribution in [-0.4, -0.2) is 25.2 Å². The maximum Gasteiger partial charge on any atom is 0.407 e. The Morgan fingerprint density at radius 1 is 1.44 bits per heavy atom. The molecule has 0 saturated heterocycles. The summed E-state index contributed by atoms with van der Waals surface area (Å²) in [4.78, 5) is 0. The first kappa shape index (κ1) is 13.8. The molecule has 0 aliphatic heterocycles. The van der Waals surface area contributed by atoms with Crippen LogP contribution in [0.5, 0.6) is 0 Å². The Kier molecular flexibility index (Phi) is 3.21. The van der Waals surface area contributed by atoms with Crippen molar-refractivity contribution < 1.29 is 26.7 Å². The summed E-state index contributed by atoms with van der Waals surface area (Å²) < 4.78 is 63.0. The summed E-state index contributed by atoms with van der Waals surface area (Å²) in [6, 6.07) is 1.17. The Morgan fingerprint density at radius 2 is 2.06 bits per heavy atom. The van der Waals surface area contributed by atoms with Crippen molar-refractivity contribution in [2.24, 2.45) is 0 Å². The number of alkyl halides is 3. The SMILES string of the molecule is O=S(=O)(NC1(C(F)(F)F)CC1)c1cc(CO)cs1. The molecule has 2 N–H and O–H groups in total. The average molecular weight is 301 g/mol. The van der Waals surface area contributed by atoms with Crippen LogP contribution >= 0.6 is 11.3 Å². The van der Waals surface area contributed by atoms with E-state index in [1.165, 1.54) is 11.4 Å². The molecule has 0 aromatic carbocycles. The molecule has 1 heterocycles. The fourth-order valence-electron chi connectivity index (χ4n) is 1.45. The van der Waals surface area contributed by atoms with Gasteiger partial charge in [-0.05, 0) is 29.9 Å². The molecule has 102 valence electrons. The molecular weight excluding hydrogens is 291 g/mol. The molecule has 1 aliphatic carbocycles. The zero-order valence-corrected chi connectivity index (χ0v) is 10.6. The number of sulfonamides is 1. The van der Waals surface area contributed by atoms with Crippen molar-refractivity contribution in [3.8, 4) is 0 Å². The predicted octanol–water partition coefficient (Wildman–Crippen LogP) is 1.61. The molecule has 1 fully saturated rings. The lowest BCUT2D eigenvalue weighted by Crippen LogP contribution is -2.47. The summed E-state index contributed by atoms with van der Waals surface area (Å²) in [6.45, 7) is -0.351. The number of thiophene rings is 1. The number of nitrogens with one attached hydrogen (secondary N) is 1. The van der Waals surface area contributed by atoms with Crippen molar-refractivity contribution >= 4 is 21.4 Å². The van der Waals surface area contributed by atoms with Crippen molar-refractivity contribution in [2.75, 3.05) is 0 Å². The van der Waals surface area contributed by atoms with E-state index < -0.39 is 21.7 Å². The summed E-state index contributed by atoms with van der Waals surface area (Å²) in [5, 5.41) is 10.2. The van der Waals surface area contributed by atoms with Crippen molar-refractivity contribution in [1.29, 1.82) is 0 Å².